The van der Waals surface area contributed by atoms with E-state index in [1.54, 1.807) is 18.2 Å². The smallest absolute Gasteiger partial charge is 0.339 e. The second-order valence-corrected chi connectivity index (χ2v) is 4.49. The molecule has 0 spiro atoms. The van der Waals surface area contributed by atoms with E-state index in [0.717, 1.165) is 12.8 Å². The number of hydrogen-bond donors (Lipinski definition) is 1. The molecule has 17 heavy (non-hydrogen) atoms. The molecule has 0 bridgehead atoms. The van der Waals surface area contributed by atoms with Gasteiger partial charge in [-0.2, -0.15) is 0 Å². The normalized spacial score (nSPS) is 16.7. The van der Waals surface area contributed by atoms with Gasteiger partial charge in [0.15, 0.2) is 11.5 Å². The summed E-state index contributed by atoms with van der Waals surface area (Å²) in [6.45, 7) is 0. The van der Waals surface area contributed by atoms with E-state index in [4.69, 9.17) is 9.52 Å². The summed E-state index contributed by atoms with van der Waals surface area (Å²) in [6, 6.07) is 5.05. The minimum absolute atomic E-state index is 0.194. The molecule has 1 saturated carbocycles. The van der Waals surface area contributed by atoms with Crippen molar-refractivity contribution in [3.8, 4) is 0 Å². The number of fused-ring (bicyclic) bond motifs is 1. The minimum Gasteiger partial charge on any atom is -0.478 e. The summed E-state index contributed by atoms with van der Waals surface area (Å²) >= 11 is 0. The molecule has 0 unspecified atom stereocenters. The molecule has 1 aliphatic rings. The first-order valence-electron chi connectivity index (χ1n) is 5.88. The summed E-state index contributed by atoms with van der Waals surface area (Å²) in [4.78, 5) is 15.5. The summed E-state index contributed by atoms with van der Waals surface area (Å²) in [5.41, 5.74) is 1.24. The van der Waals surface area contributed by atoms with Gasteiger partial charge >= 0.3 is 5.97 Å². The Bertz CT molecular complexity index is 567. The van der Waals surface area contributed by atoms with Gasteiger partial charge in [-0.15, -0.1) is 0 Å². The van der Waals surface area contributed by atoms with Crippen molar-refractivity contribution in [3.05, 3.63) is 29.7 Å². The summed E-state index contributed by atoms with van der Waals surface area (Å²) in [7, 11) is 0. The predicted octanol–water partition coefficient (Wildman–Crippen LogP) is 3.18. The number of aromatic carboxylic acids is 1. The molecule has 4 nitrogen and oxygen atoms in total. The topological polar surface area (TPSA) is 63.3 Å². The molecule has 1 aromatic carbocycles. The lowest BCUT2D eigenvalue weighted by Crippen LogP contribution is -1.95. The van der Waals surface area contributed by atoms with Gasteiger partial charge in [-0.3, -0.25) is 0 Å². The predicted molar refractivity (Wildman–Crippen MR) is 62.2 cm³/mol. The fraction of sp³-hybridized carbons (Fsp3) is 0.385. The molecule has 2 aromatic rings. The second kappa shape index (κ2) is 3.87. The zero-order valence-electron chi connectivity index (χ0n) is 9.35. The third kappa shape index (κ3) is 1.69. The van der Waals surface area contributed by atoms with E-state index in [2.05, 4.69) is 4.98 Å². The molecule has 1 heterocycles. The van der Waals surface area contributed by atoms with E-state index in [-0.39, 0.29) is 5.56 Å². The van der Waals surface area contributed by atoms with Crippen LogP contribution in [0.2, 0.25) is 0 Å². The molecule has 3 rings (SSSR count). The van der Waals surface area contributed by atoms with Crippen molar-refractivity contribution in [2.24, 2.45) is 0 Å². The van der Waals surface area contributed by atoms with Crippen LogP contribution in [-0.4, -0.2) is 16.1 Å². The van der Waals surface area contributed by atoms with Crippen molar-refractivity contribution in [2.45, 2.75) is 31.6 Å². The molecule has 1 aromatic heterocycles. The minimum atomic E-state index is -0.968. The van der Waals surface area contributed by atoms with Crippen molar-refractivity contribution in [2.75, 3.05) is 0 Å². The number of para-hydroxylation sites is 1. The Balaban J connectivity index is 2.11. The molecule has 0 radical (unpaired) electrons. The zero-order valence-corrected chi connectivity index (χ0v) is 9.35. The van der Waals surface area contributed by atoms with Crippen LogP contribution in [0.5, 0.6) is 0 Å². The van der Waals surface area contributed by atoms with Crippen LogP contribution < -0.4 is 0 Å². The third-order valence-corrected chi connectivity index (χ3v) is 3.37. The first-order chi connectivity index (χ1) is 8.25. The number of rotatable bonds is 2. The largest absolute Gasteiger partial charge is 0.478 e. The van der Waals surface area contributed by atoms with Crippen LogP contribution in [0.15, 0.2) is 22.6 Å². The van der Waals surface area contributed by atoms with E-state index in [1.807, 2.05) is 0 Å². The van der Waals surface area contributed by atoms with Crippen molar-refractivity contribution < 1.29 is 14.3 Å². The number of aromatic nitrogens is 1. The van der Waals surface area contributed by atoms with Gasteiger partial charge in [0.1, 0.15) is 11.1 Å². The maximum Gasteiger partial charge on any atom is 0.339 e. The number of oxazole rings is 1. The average Bonchev–Trinajstić information content (AvgIpc) is 2.96. The van der Waals surface area contributed by atoms with E-state index in [1.165, 1.54) is 12.8 Å². The molecule has 0 aliphatic heterocycles. The quantitative estimate of drug-likeness (QED) is 0.862. The van der Waals surface area contributed by atoms with Crippen LogP contribution in [0.4, 0.5) is 0 Å². The van der Waals surface area contributed by atoms with Gasteiger partial charge in [0.25, 0.3) is 0 Å². The molecule has 4 heteroatoms. The Morgan fingerprint density at radius 1 is 1.35 bits per heavy atom. The number of hydrogen-bond acceptors (Lipinski definition) is 3. The Labute approximate surface area is 98.3 Å². The summed E-state index contributed by atoms with van der Waals surface area (Å²) < 4.78 is 5.65. The Kier molecular flexibility index (Phi) is 2.35. The average molecular weight is 231 g/mol. The first kappa shape index (κ1) is 10.3. The van der Waals surface area contributed by atoms with Crippen molar-refractivity contribution in [1.29, 1.82) is 0 Å². The van der Waals surface area contributed by atoms with Gasteiger partial charge in [0.2, 0.25) is 0 Å². The van der Waals surface area contributed by atoms with Gasteiger partial charge in [0.05, 0.1) is 0 Å². The van der Waals surface area contributed by atoms with Crippen LogP contribution in [0.1, 0.15) is 47.8 Å². The van der Waals surface area contributed by atoms with Gasteiger partial charge in [-0.05, 0) is 25.0 Å². The molecule has 1 fully saturated rings. The van der Waals surface area contributed by atoms with E-state index in [0.29, 0.717) is 22.9 Å². The van der Waals surface area contributed by atoms with Crippen molar-refractivity contribution in [1.82, 2.24) is 4.98 Å². The van der Waals surface area contributed by atoms with Crippen LogP contribution in [0.3, 0.4) is 0 Å². The van der Waals surface area contributed by atoms with Gasteiger partial charge < -0.3 is 9.52 Å². The maximum atomic E-state index is 11.1. The fourth-order valence-electron chi connectivity index (χ4n) is 2.48. The highest BCUT2D eigenvalue weighted by Gasteiger charge is 2.23. The molecule has 1 aliphatic carbocycles. The molecule has 1 N–H and O–H groups in total. The lowest BCUT2D eigenvalue weighted by atomic mass is 10.1. The van der Waals surface area contributed by atoms with Crippen molar-refractivity contribution >= 4 is 17.1 Å². The highest BCUT2D eigenvalue weighted by molar-refractivity contribution is 5.99. The van der Waals surface area contributed by atoms with Crippen LogP contribution in [0, 0.1) is 0 Å². The lowest BCUT2D eigenvalue weighted by molar-refractivity contribution is 0.0698. The number of nitrogens with zero attached hydrogens (tertiary/aromatic N) is 1. The molecule has 0 amide bonds. The summed E-state index contributed by atoms with van der Waals surface area (Å²) in [6.07, 6.45) is 4.59. The molecular formula is C13H13NO3. The monoisotopic (exact) mass is 231 g/mol. The zero-order chi connectivity index (χ0) is 11.8. The molecular weight excluding hydrogens is 218 g/mol. The van der Waals surface area contributed by atoms with Crippen LogP contribution >= 0.6 is 0 Å². The second-order valence-electron chi connectivity index (χ2n) is 4.49. The number of benzene rings is 1. The number of carboxylic acids is 1. The molecule has 0 saturated heterocycles. The molecule has 0 atom stereocenters. The Hall–Kier alpha value is -1.84. The van der Waals surface area contributed by atoms with Crippen LogP contribution in [0.25, 0.3) is 11.1 Å². The number of carbonyl (C=O) groups is 1. The number of carboxylic acid groups (broad SMARTS) is 1. The Morgan fingerprint density at radius 2 is 2.12 bits per heavy atom. The Morgan fingerprint density at radius 3 is 2.82 bits per heavy atom. The van der Waals surface area contributed by atoms with Gasteiger partial charge in [-0.1, -0.05) is 18.9 Å². The van der Waals surface area contributed by atoms with Gasteiger partial charge in [0, 0.05) is 5.92 Å². The highest BCUT2D eigenvalue weighted by Crippen LogP contribution is 2.35. The molecule has 88 valence electrons. The SMILES string of the molecule is O=C(O)c1cccc2nc(C3CCCC3)oc12. The van der Waals surface area contributed by atoms with E-state index < -0.39 is 5.97 Å². The maximum absolute atomic E-state index is 11.1. The third-order valence-electron chi connectivity index (χ3n) is 3.37. The highest BCUT2D eigenvalue weighted by atomic mass is 16.4. The lowest BCUT2D eigenvalue weighted by Gasteiger charge is -2.00. The standard InChI is InChI=1S/C13H13NO3/c15-13(16)9-6-3-7-10-11(9)17-12(14-10)8-4-1-2-5-8/h3,6-8H,1-2,4-5H2,(H,15,16). The fourth-order valence-corrected chi connectivity index (χ4v) is 2.48. The summed E-state index contributed by atoms with van der Waals surface area (Å²) in [5.74, 6) is 0.0972. The van der Waals surface area contributed by atoms with Crippen molar-refractivity contribution in [3.63, 3.8) is 0 Å². The first-order valence-corrected chi connectivity index (χ1v) is 5.88. The summed E-state index contributed by atoms with van der Waals surface area (Å²) in [5, 5.41) is 9.07. The van der Waals surface area contributed by atoms with E-state index in [9.17, 15) is 4.79 Å². The van der Waals surface area contributed by atoms with Gasteiger partial charge in [-0.25, -0.2) is 9.78 Å². The van der Waals surface area contributed by atoms with Crippen LogP contribution in [-0.2, 0) is 0 Å². The van der Waals surface area contributed by atoms with E-state index >= 15 is 0 Å².